The van der Waals surface area contributed by atoms with Gasteiger partial charge in [0.15, 0.2) is 6.61 Å². The van der Waals surface area contributed by atoms with Gasteiger partial charge in [-0.25, -0.2) is 4.79 Å². The van der Waals surface area contributed by atoms with Gasteiger partial charge in [-0.1, -0.05) is 12.1 Å². The van der Waals surface area contributed by atoms with E-state index in [1.807, 2.05) is 5.32 Å². The van der Waals surface area contributed by atoms with Crippen molar-refractivity contribution < 1.29 is 33.4 Å². The second-order valence-electron chi connectivity index (χ2n) is 4.99. The van der Waals surface area contributed by atoms with Crippen molar-refractivity contribution in [1.82, 2.24) is 10.2 Å². The molecule has 1 aliphatic rings. The Balaban J connectivity index is 1.78. The molecule has 0 saturated carbocycles. The Hall–Kier alpha value is -3.23. The van der Waals surface area contributed by atoms with Gasteiger partial charge in [-0.2, -0.15) is 0 Å². The molecule has 0 spiro atoms. The summed E-state index contributed by atoms with van der Waals surface area (Å²) < 4.78 is 9.18. The zero-order valence-electron chi connectivity index (χ0n) is 13.4. The minimum atomic E-state index is -0.936. The summed E-state index contributed by atoms with van der Waals surface area (Å²) in [7, 11) is 0. The number of carbonyl (C=O) groups is 5. The van der Waals surface area contributed by atoms with Crippen LogP contribution in [0.1, 0.15) is 34.1 Å². The van der Waals surface area contributed by atoms with Crippen LogP contribution in [-0.2, 0) is 19.1 Å². The zero-order valence-corrected chi connectivity index (χ0v) is 13.4. The topological polar surface area (TPSA) is 119 Å². The minimum Gasteiger partial charge on any atom is -0.456 e. The molecule has 0 aliphatic carbocycles. The lowest BCUT2D eigenvalue weighted by atomic mass is 10.1. The fourth-order valence-corrected chi connectivity index (χ4v) is 2.18. The highest BCUT2D eigenvalue weighted by Crippen LogP contribution is 2.22. The second-order valence-corrected chi connectivity index (χ2v) is 4.99. The molecule has 9 heteroatoms. The van der Waals surface area contributed by atoms with E-state index in [0.717, 1.165) is 4.90 Å². The molecule has 9 nitrogen and oxygen atoms in total. The summed E-state index contributed by atoms with van der Waals surface area (Å²) in [6.45, 7) is 0.840. The van der Waals surface area contributed by atoms with Crippen LogP contribution >= 0.6 is 0 Å². The van der Waals surface area contributed by atoms with Crippen LogP contribution in [0.15, 0.2) is 24.3 Å². The molecular weight excluding hydrogens is 332 g/mol. The lowest BCUT2D eigenvalue weighted by Crippen LogP contribution is -2.35. The lowest BCUT2D eigenvalue weighted by molar-refractivity contribution is -0.148. The molecule has 0 saturated heterocycles. The Bertz CT molecular complexity index is 694. The predicted molar refractivity (Wildman–Crippen MR) is 82.5 cm³/mol. The third kappa shape index (κ3) is 4.40. The third-order valence-corrected chi connectivity index (χ3v) is 3.30. The number of rotatable bonds is 6. The number of nitrogens with zero attached hydrogens (tertiary/aromatic N) is 1. The van der Waals surface area contributed by atoms with Crippen molar-refractivity contribution in [3.8, 4) is 0 Å². The van der Waals surface area contributed by atoms with Crippen LogP contribution < -0.4 is 5.32 Å². The van der Waals surface area contributed by atoms with Crippen LogP contribution in [0.4, 0.5) is 4.79 Å². The standard InChI is InChI=1S/C16H16N2O7/c1-2-24-16(23)17-12(19)9-25-13(20)7-8-18-14(21)10-5-3-4-6-11(10)15(18)22/h3-6H,2,7-9H2,1H3,(H,17,19,23). The average molecular weight is 348 g/mol. The van der Waals surface area contributed by atoms with Crippen molar-refractivity contribution in [1.29, 1.82) is 0 Å². The molecular formula is C16H16N2O7. The number of esters is 1. The van der Waals surface area contributed by atoms with Crippen LogP contribution in [-0.4, -0.2) is 54.4 Å². The third-order valence-electron chi connectivity index (χ3n) is 3.30. The van der Waals surface area contributed by atoms with E-state index < -0.39 is 36.4 Å². The molecule has 25 heavy (non-hydrogen) atoms. The van der Waals surface area contributed by atoms with Gasteiger partial charge in [-0.15, -0.1) is 0 Å². The Labute approximate surface area is 142 Å². The maximum absolute atomic E-state index is 12.1. The van der Waals surface area contributed by atoms with Crippen molar-refractivity contribution in [3.63, 3.8) is 0 Å². The van der Waals surface area contributed by atoms with Crippen molar-refractivity contribution in [2.45, 2.75) is 13.3 Å². The maximum Gasteiger partial charge on any atom is 0.413 e. The molecule has 1 heterocycles. The molecule has 0 bridgehead atoms. The molecule has 1 aromatic carbocycles. The van der Waals surface area contributed by atoms with E-state index in [-0.39, 0.29) is 30.7 Å². The fraction of sp³-hybridized carbons (Fsp3) is 0.312. The summed E-state index contributed by atoms with van der Waals surface area (Å²) in [5.74, 6) is -2.58. The van der Waals surface area contributed by atoms with Gasteiger partial charge in [0.05, 0.1) is 24.2 Å². The summed E-state index contributed by atoms with van der Waals surface area (Å²) in [4.78, 5) is 59.1. The number of hydrogen-bond acceptors (Lipinski definition) is 7. The van der Waals surface area contributed by atoms with Gasteiger partial charge in [-0.05, 0) is 19.1 Å². The molecule has 4 amide bonds. The number of imide groups is 2. The van der Waals surface area contributed by atoms with E-state index in [2.05, 4.69) is 9.47 Å². The largest absolute Gasteiger partial charge is 0.456 e. The zero-order chi connectivity index (χ0) is 18.4. The Morgan fingerprint density at radius 1 is 1.04 bits per heavy atom. The smallest absolute Gasteiger partial charge is 0.413 e. The van der Waals surface area contributed by atoms with E-state index in [4.69, 9.17) is 0 Å². The van der Waals surface area contributed by atoms with Crippen LogP contribution in [0.5, 0.6) is 0 Å². The van der Waals surface area contributed by atoms with Crippen LogP contribution in [0, 0.1) is 0 Å². The second kappa shape index (κ2) is 8.04. The van der Waals surface area contributed by atoms with Crippen molar-refractivity contribution >= 4 is 29.8 Å². The van der Waals surface area contributed by atoms with Gasteiger partial charge in [0.1, 0.15) is 0 Å². The maximum atomic E-state index is 12.1. The highest BCUT2D eigenvalue weighted by molar-refractivity contribution is 6.21. The predicted octanol–water partition coefficient (Wildman–Crippen LogP) is 0.489. The van der Waals surface area contributed by atoms with Gasteiger partial charge < -0.3 is 9.47 Å². The summed E-state index contributed by atoms with van der Waals surface area (Å²) in [6, 6.07) is 6.36. The highest BCUT2D eigenvalue weighted by Gasteiger charge is 2.35. The van der Waals surface area contributed by atoms with Crippen molar-refractivity contribution in [3.05, 3.63) is 35.4 Å². The molecule has 0 aromatic heterocycles. The van der Waals surface area contributed by atoms with Gasteiger partial charge in [0.25, 0.3) is 17.7 Å². The number of ether oxygens (including phenoxy) is 2. The molecule has 2 rings (SSSR count). The van der Waals surface area contributed by atoms with Crippen molar-refractivity contribution in [2.24, 2.45) is 0 Å². The minimum absolute atomic E-state index is 0.0964. The summed E-state index contributed by atoms with van der Waals surface area (Å²) in [5.41, 5.74) is 0.573. The molecule has 1 aromatic rings. The number of alkyl carbamates (subject to hydrolysis) is 1. The van der Waals surface area contributed by atoms with Gasteiger partial charge in [-0.3, -0.25) is 29.4 Å². The highest BCUT2D eigenvalue weighted by atomic mass is 16.6. The monoisotopic (exact) mass is 348 g/mol. The Morgan fingerprint density at radius 3 is 2.20 bits per heavy atom. The van der Waals surface area contributed by atoms with Gasteiger partial charge in [0, 0.05) is 6.54 Å². The number of benzene rings is 1. The quantitative estimate of drug-likeness (QED) is 0.587. The van der Waals surface area contributed by atoms with Gasteiger partial charge in [0.2, 0.25) is 0 Å². The fourth-order valence-electron chi connectivity index (χ4n) is 2.18. The molecule has 1 aliphatic heterocycles. The first kappa shape index (κ1) is 18.1. The molecule has 0 radical (unpaired) electrons. The van der Waals surface area contributed by atoms with Crippen LogP contribution in [0.2, 0.25) is 0 Å². The molecule has 1 N–H and O–H groups in total. The SMILES string of the molecule is CCOC(=O)NC(=O)COC(=O)CCN1C(=O)c2ccccc2C1=O. The number of carbonyl (C=O) groups excluding carboxylic acids is 5. The molecule has 0 fully saturated rings. The van der Waals surface area contributed by atoms with E-state index in [0.29, 0.717) is 0 Å². The molecule has 0 unspecified atom stereocenters. The number of nitrogens with one attached hydrogen (secondary N) is 1. The molecule has 132 valence electrons. The number of fused-ring (bicyclic) bond motifs is 1. The average Bonchev–Trinajstić information content (AvgIpc) is 2.83. The van der Waals surface area contributed by atoms with E-state index in [9.17, 15) is 24.0 Å². The Kier molecular flexibility index (Phi) is 5.83. The summed E-state index contributed by atoms with van der Waals surface area (Å²) in [6.07, 6.45) is -1.20. The summed E-state index contributed by atoms with van der Waals surface area (Å²) in [5, 5.41) is 1.86. The lowest BCUT2D eigenvalue weighted by Gasteiger charge is -2.13. The Morgan fingerprint density at radius 2 is 1.64 bits per heavy atom. The normalized spacial score (nSPS) is 12.6. The number of hydrogen-bond donors (Lipinski definition) is 1. The van der Waals surface area contributed by atoms with Crippen LogP contribution in [0.3, 0.4) is 0 Å². The van der Waals surface area contributed by atoms with Gasteiger partial charge >= 0.3 is 12.1 Å². The summed E-state index contributed by atoms with van der Waals surface area (Å²) >= 11 is 0. The molecule has 0 atom stereocenters. The first-order chi connectivity index (χ1) is 11.9. The van der Waals surface area contributed by atoms with Crippen LogP contribution in [0.25, 0.3) is 0 Å². The van der Waals surface area contributed by atoms with E-state index in [1.54, 1.807) is 19.1 Å². The first-order valence-electron chi connectivity index (χ1n) is 7.51. The van der Waals surface area contributed by atoms with Crippen molar-refractivity contribution in [2.75, 3.05) is 19.8 Å². The van der Waals surface area contributed by atoms with E-state index in [1.165, 1.54) is 12.1 Å². The number of amides is 4. The first-order valence-corrected chi connectivity index (χ1v) is 7.51. The van der Waals surface area contributed by atoms with E-state index >= 15 is 0 Å².